The molecular formula is C39H53N7O7. The molecule has 0 aromatic heterocycles. The fourth-order valence-electron chi connectivity index (χ4n) is 6.67. The van der Waals surface area contributed by atoms with Crippen molar-refractivity contribution in [1.82, 2.24) is 26.2 Å². The van der Waals surface area contributed by atoms with Crippen LogP contribution >= 0.6 is 0 Å². The average Bonchev–Trinajstić information content (AvgIpc) is 3.61. The van der Waals surface area contributed by atoms with Gasteiger partial charge in [-0.3, -0.25) is 33.6 Å². The maximum absolute atomic E-state index is 13.8. The lowest BCUT2D eigenvalue weighted by atomic mass is 9.83. The molecule has 2 aromatic carbocycles. The van der Waals surface area contributed by atoms with Gasteiger partial charge < -0.3 is 37.2 Å². The van der Waals surface area contributed by atoms with Crippen molar-refractivity contribution in [1.29, 1.82) is 0 Å². The van der Waals surface area contributed by atoms with Gasteiger partial charge in [-0.2, -0.15) is 0 Å². The number of fused-ring (bicyclic) bond motifs is 2. The molecule has 0 spiro atoms. The van der Waals surface area contributed by atoms with E-state index < -0.39 is 48.4 Å². The van der Waals surface area contributed by atoms with Crippen LogP contribution in [0.1, 0.15) is 98.6 Å². The zero-order valence-corrected chi connectivity index (χ0v) is 31.3. The van der Waals surface area contributed by atoms with Crippen molar-refractivity contribution in [3.8, 4) is 0 Å². The summed E-state index contributed by atoms with van der Waals surface area (Å²) in [6.07, 6.45) is 2.30. The molecule has 0 unspecified atom stereocenters. The summed E-state index contributed by atoms with van der Waals surface area (Å²) in [5, 5.41) is 14.1. The monoisotopic (exact) mass is 731 g/mol. The molecule has 0 saturated carbocycles. The molecule has 4 rings (SSSR count). The van der Waals surface area contributed by atoms with Crippen LogP contribution < -0.4 is 32.3 Å². The molecule has 53 heavy (non-hydrogen) atoms. The Hall–Kier alpha value is -5.11. The van der Waals surface area contributed by atoms with Crippen LogP contribution in [-0.2, 0) is 24.0 Å². The maximum atomic E-state index is 13.8. The van der Waals surface area contributed by atoms with E-state index in [-0.39, 0.29) is 35.2 Å². The fraction of sp³-hybridized carbons (Fsp3) is 0.513. The highest BCUT2D eigenvalue weighted by Crippen LogP contribution is 2.32. The van der Waals surface area contributed by atoms with Crippen LogP contribution in [0, 0.1) is 11.8 Å². The Labute approximate surface area is 310 Å². The fourth-order valence-corrected chi connectivity index (χ4v) is 6.67. The van der Waals surface area contributed by atoms with Crippen LogP contribution in [0.3, 0.4) is 0 Å². The number of carbonyl (C=O) groups excluding carboxylic acids is 7. The minimum atomic E-state index is -0.903. The molecule has 4 atom stereocenters. The average molecular weight is 732 g/mol. The molecule has 1 aliphatic heterocycles. The van der Waals surface area contributed by atoms with E-state index in [4.69, 9.17) is 5.73 Å². The highest BCUT2D eigenvalue weighted by molar-refractivity contribution is 6.30. The molecule has 2 aromatic rings. The largest absolute Gasteiger partial charge is 0.384 e. The predicted molar refractivity (Wildman–Crippen MR) is 200 cm³/mol. The third-order valence-corrected chi connectivity index (χ3v) is 9.28. The summed E-state index contributed by atoms with van der Waals surface area (Å²) in [6, 6.07) is 8.64. The second-order valence-corrected chi connectivity index (χ2v) is 14.6. The number of benzene rings is 2. The Kier molecular flexibility index (Phi) is 14.3. The highest BCUT2D eigenvalue weighted by atomic mass is 16.2. The van der Waals surface area contributed by atoms with Crippen LogP contribution in [0.4, 0.5) is 5.69 Å². The summed E-state index contributed by atoms with van der Waals surface area (Å²) in [5.74, 6) is -2.52. The highest BCUT2D eigenvalue weighted by Gasteiger charge is 2.38. The quantitative estimate of drug-likeness (QED) is 0.112. The molecule has 1 saturated heterocycles. The van der Waals surface area contributed by atoms with Crippen molar-refractivity contribution in [3.05, 3.63) is 64.7 Å². The smallest absolute Gasteiger partial charge is 0.245 e. The lowest BCUT2D eigenvalue weighted by Crippen LogP contribution is -2.56. The van der Waals surface area contributed by atoms with Gasteiger partial charge in [0.05, 0.1) is 18.2 Å². The summed E-state index contributed by atoms with van der Waals surface area (Å²) in [4.78, 5) is 93.0. The zero-order valence-electron chi connectivity index (χ0n) is 31.3. The van der Waals surface area contributed by atoms with E-state index in [0.29, 0.717) is 79.7 Å². The standard InChI is InChI=1S/C39H53N7O7/c1-22(2)19-29(45-36(50)24(5)40)37(51)43-21-32(47)44-30(20-23(3)4)39(53)46-18-9-15-31(46)38(52)42-17-10-16-41-28-14-8-13-27-33(28)35(49)26-12-7-6-11-25(26)34(27)48/h6-8,11-14,22-24,29-31,41H,9-10,15-21,40H2,1-5H3,(H,42,52)(H,43,51)(H,44,47)(H,45,50)/t24-,29-,30-,31+/m0/s1. The summed E-state index contributed by atoms with van der Waals surface area (Å²) < 4.78 is 0. The van der Waals surface area contributed by atoms with Crippen molar-refractivity contribution in [2.75, 3.05) is 31.5 Å². The van der Waals surface area contributed by atoms with E-state index >= 15 is 0 Å². The molecule has 1 fully saturated rings. The minimum Gasteiger partial charge on any atom is -0.384 e. The van der Waals surface area contributed by atoms with Crippen LogP contribution in [0.5, 0.6) is 0 Å². The summed E-state index contributed by atoms with van der Waals surface area (Å²) in [7, 11) is 0. The first-order valence-corrected chi connectivity index (χ1v) is 18.5. The van der Waals surface area contributed by atoms with Gasteiger partial charge in [0.2, 0.25) is 29.5 Å². The van der Waals surface area contributed by atoms with Gasteiger partial charge >= 0.3 is 0 Å². The molecular weight excluding hydrogens is 678 g/mol. The van der Waals surface area contributed by atoms with E-state index in [9.17, 15) is 33.6 Å². The number of anilines is 1. The van der Waals surface area contributed by atoms with Crippen molar-refractivity contribution in [2.45, 2.75) is 90.9 Å². The normalized spacial score (nSPS) is 16.7. The van der Waals surface area contributed by atoms with Crippen LogP contribution in [0.15, 0.2) is 42.5 Å². The van der Waals surface area contributed by atoms with Crippen molar-refractivity contribution in [3.63, 3.8) is 0 Å². The van der Waals surface area contributed by atoms with Crippen LogP contribution in [0.25, 0.3) is 0 Å². The van der Waals surface area contributed by atoms with Crippen molar-refractivity contribution >= 4 is 46.8 Å². The molecule has 286 valence electrons. The number of likely N-dealkylation sites (tertiary alicyclic amines) is 1. The number of ketones is 2. The Morgan fingerprint density at radius 3 is 2.08 bits per heavy atom. The van der Waals surface area contributed by atoms with Gasteiger partial charge in [-0.1, -0.05) is 64.1 Å². The number of hydrogen-bond donors (Lipinski definition) is 6. The molecule has 2 aliphatic rings. The van der Waals surface area contributed by atoms with E-state index in [2.05, 4.69) is 26.6 Å². The molecule has 7 N–H and O–H groups in total. The minimum absolute atomic E-state index is 0.0449. The van der Waals surface area contributed by atoms with Crippen molar-refractivity contribution < 1.29 is 33.6 Å². The van der Waals surface area contributed by atoms with Gasteiger partial charge in [0.1, 0.15) is 18.1 Å². The van der Waals surface area contributed by atoms with E-state index in [1.54, 1.807) is 42.5 Å². The number of nitrogens with two attached hydrogens (primary N) is 1. The summed E-state index contributed by atoms with van der Waals surface area (Å²) in [5.41, 5.74) is 7.66. The molecule has 1 heterocycles. The SMILES string of the molecule is CC(C)C[C@H](NC(=O)[C@H](C)N)C(=O)NCC(=O)N[C@@H](CC(C)C)C(=O)N1CCC[C@@H]1C(=O)NCCCNc1cccc2c1C(=O)c1ccccc1C2=O. The van der Waals surface area contributed by atoms with Gasteiger partial charge in [0.25, 0.3) is 0 Å². The molecule has 1 aliphatic carbocycles. The van der Waals surface area contributed by atoms with Gasteiger partial charge in [-0.25, -0.2) is 0 Å². The Morgan fingerprint density at radius 2 is 1.42 bits per heavy atom. The molecule has 14 nitrogen and oxygen atoms in total. The third kappa shape index (κ3) is 10.5. The first kappa shape index (κ1) is 40.7. The van der Waals surface area contributed by atoms with Gasteiger partial charge in [-0.05, 0) is 56.9 Å². The first-order valence-electron chi connectivity index (χ1n) is 18.5. The van der Waals surface area contributed by atoms with Crippen LogP contribution in [0.2, 0.25) is 0 Å². The van der Waals surface area contributed by atoms with Crippen molar-refractivity contribution in [2.24, 2.45) is 17.6 Å². The first-order chi connectivity index (χ1) is 25.2. The number of rotatable bonds is 17. The second kappa shape index (κ2) is 18.6. The zero-order chi connectivity index (χ0) is 38.8. The van der Waals surface area contributed by atoms with Crippen LogP contribution in [-0.4, -0.2) is 96.3 Å². The van der Waals surface area contributed by atoms with E-state index in [0.717, 1.165) is 0 Å². The molecule has 0 radical (unpaired) electrons. The number of nitrogens with zero attached hydrogens (tertiary/aromatic N) is 1. The number of amides is 5. The maximum Gasteiger partial charge on any atom is 0.245 e. The van der Waals surface area contributed by atoms with Gasteiger partial charge in [0.15, 0.2) is 11.6 Å². The number of hydrogen-bond acceptors (Lipinski definition) is 9. The number of nitrogens with one attached hydrogen (secondary N) is 5. The Morgan fingerprint density at radius 1 is 0.774 bits per heavy atom. The Bertz CT molecular complexity index is 1710. The third-order valence-electron chi connectivity index (χ3n) is 9.28. The molecule has 14 heteroatoms. The molecule has 5 amide bonds. The van der Waals surface area contributed by atoms with Gasteiger partial charge in [-0.15, -0.1) is 0 Å². The number of carbonyl (C=O) groups is 7. The van der Waals surface area contributed by atoms with E-state index in [1.165, 1.54) is 11.8 Å². The topological polar surface area (TPSA) is 209 Å². The van der Waals surface area contributed by atoms with Gasteiger partial charge in [0, 0.05) is 42.0 Å². The van der Waals surface area contributed by atoms with E-state index in [1.807, 2.05) is 27.7 Å². The lowest BCUT2D eigenvalue weighted by Gasteiger charge is -2.29. The lowest BCUT2D eigenvalue weighted by molar-refractivity contribution is -0.141. The Balaban J connectivity index is 1.29. The molecule has 0 bridgehead atoms. The summed E-state index contributed by atoms with van der Waals surface area (Å²) in [6.45, 7) is 9.86. The summed E-state index contributed by atoms with van der Waals surface area (Å²) >= 11 is 0. The predicted octanol–water partition coefficient (Wildman–Crippen LogP) is 1.90. The second-order valence-electron chi connectivity index (χ2n) is 14.6.